The summed E-state index contributed by atoms with van der Waals surface area (Å²) in [5.74, 6) is -0.742. The number of hydrogen-bond donors (Lipinski definition) is 2. The third-order valence-electron chi connectivity index (χ3n) is 4.48. The zero-order valence-electron chi connectivity index (χ0n) is 16.3. The molecule has 0 radical (unpaired) electrons. The fourth-order valence-corrected chi connectivity index (χ4v) is 2.93. The third kappa shape index (κ3) is 6.00. The van der Waals surface area contributed by atoms with Gasteiger partial charge < -0.3 is 10.1 Å². The van der Waals surface area contributed by atoms with E-state index in [1.54, 1.807) is 13.1 Å². The predicted octanol–water partition coefficient (Wildman–Crippen LogP) is 3.75. The molecule has 29 heavy (non-hydrogen) atoms. The maximum atomic E-state index is 12.5. The van der Waals surface area contributed by atoms with Crippen molar-refractivity contribution in [1.29, 1.82) is 0 Å². The standard InChI is InChI=1S/C22H24N4O3/c1-16(29-21(27)14-8-5-11-18-15-23-26-25-18)22(28)24-20-13-7-6-12-19(20)17-9-3-2-4-10-17/h2-4,6-7,9-10,12-13,15-16H,5,8,11,14H2,1H3,(H,24,28)(H,23,25,26). The molecule has 0 aliphatic carbocycles. The normalized spacial score (nSPS) is 11.6. The minimum absolute atomic E-state index is 0.260. The first-order chi connectivity index (χ1) is 14.1. The highest BCUT2D eigenvalue weighted by molar-refractivity contribution is 5.98. The summed E-state index contributed by atoms with van der Waals surface area (Å²) >= 11 is 0. The van der Waals surface area contributed by atoms with Gasteiger partial charge in [0.15, 0.2) is 6.10 Å². The Labute approximate surface area is 169 Å². The highest BCUT2D eigenvalue weighted by Gasteiger charge is 2.19. The number of nitrogens with zero attached hydrogens (tertiary/aromatic N) is 2. The van der Waals surface area contributed by atoms with Crippen LogP contribution in [0.5, 0.6) is 0 Å². The maximum absolute atomic E-state index is 12.5. The fraction of sp³-hybridized carbons (Fsp3) is 0.273. The Hall–Kier alpha value is -3.48. The van der Waals surface area contributed by atoms with Crippen molar-refractivity contribution in [2.45, 2.75) is 38.7 Å². The van der Waals surface area contributed by atoms with Crippen molar-refractivity contribution in [3.8, 4) is 11.1 Å². The van der Waals surface area contributed by atoms with Gasteiger partial charge in [-0.15, -0.1) is 0 Å². The summed E-state index contributed by atoms with van der Waals surface area (Å²) in [6.07, 6.45) is 3.26. The van der Waals surface area contributed by atoms with Crippen molar-refractivity contribution in [2.24, 2.45) is 0 Å². The Bertz CT molecular complexity index is 926. The lowest BCUT2D eigenvalue weighted by molar-refractivity contribution is -0.153. The Morgan fingerprint density at radius 2 is 1.83 bits per heavy atom. The number of para-hydroxylation sites is 1. The molecule has 2 aromatic carbocycles. The molecule has 0 saturated carbocycles. The third-order valence-corrected chi connectivity index (χ3v) is 4.48. The number of H-pyrrole nitrogens is 1. The van der Waals surface area contributed by atoms with Crippen molar-refractivity contribution >= 4 is 17.6 Å². The lowest BCUT2D eigenvalue weighted by atomic mass is 10.0. The second-order valence-corrected chi connectivity index (χ2v) is 6.70. The first-order valence-electron chi connectivity index (χ1n) is 9.63. The second kappa shape index (κ2) is 10.2. The molecule has 1 aromatic heterocycles. The van der Waals surface area contributed by atoms with E-state index in [4.69, 9.17) is 4.74 Å². The Balaban J connectivity index is 1.49. The van der Waals surface area contributed by atoms with Crippen molar-refractivity contribution in [2.75, 3.05) is 5.32 Å². The van der Waals surface area contributed by atoms with E-state index in [9.17, 15) is 9.59 Å². The minimum Gasteiger partial charge on any atom is -0.453 e. The molecule has 1 amide bonds. The molecule has 3 rings (SSSR count). The zero-order valence-corrected chi connectivity index (χ0v) is 16.3. The van der Waals surface area contributed by atoms with E-state index in [1.807, 2.05) is 54.6 Å². The summed E-state index contributed by atoms with van der Waals surface area (Å²) in [6.45, 7) is 1.58. The van der Waals surface area contributed by atoms with Gasteiger partial charge in [0, 0.05) is 17.7 Å². The number of carbonyl (C=O) groups is 2. The SMILES string of the molecule is CC(OC(=O)CCCCc1cn[nH]n1)C(=O)Nc1ccccc1-c1ccccc1. The van der Waals surface area contributed by atoms with Crippen LogP contribution < -0.4 is 5.32 Å². The number of ether oxygens (including phenoxy) is 1. The predicted molar refractivity (Wildman–Crippen MR) is 110 cm³/mol. The fourth-order valence-electron chi connectivity index (χ4n) is 2.93. The van der Waals surface area contributed by atoms with Crippen molar-refractivity contribution in [1.82, 2.24) is 15.4 Å². The first-order valence-corrected chi connectivity index (χ1v) is 9.63. The molecule has 0 fully saturated rings. The number of esters is 1. The monoisotopic (exact) mass is 392 g/mol. The Morgan fingerprint density at radius 1 is 1.07 bits per heavy atom. The van der Waals surface area contributed by atoms with Crippen LogP contribution in [0.4, 0.5) is 5.69 Å². The lowest BCUT2D eigenvalue weighted by Gasteiger charge is -2.16. The van der Waals surface area contributed by atoms with Gasteiger partial charge in [0.05, 0.1) is 11.9 Å². The number of carbonyl (C=O) groups excluding carboxylic acids is 2. The molecule has 0 aliphatic rings. The molecule has 0 aliphatic heterocycles. The van der Waals surface area contributed by atoms with Crippen molar-refractivity contribution in [3.63, 3.8) is 0 Å². The molecule has 1 atom stereocenters. The molecule has 7 heteroatoms. The molecular weight excluding hydrogens is 368 g/mol. The van der Waals surface area contributed by atoms with Gasteiger partial charge in [0.25, 0.3) is 5.91 Å². The Morgan fingerprint density at radius 3 is 2.59 bits per heavy atom. The summed E-state index contributed by atoms with van der Waals surface area (Å²) in [4.78, 5) is 24.5. The van der Waals surface area contributed by atoms with Crippen molar-refractivity contribution in [3.05, 3.63) is 66.5 Å². The van der Waals surface area contributed by atoms with Gasteiger partial charge in [-0.1, -0.05) is 48.5 Å². The first kappa shape index (κ1) is 20.3. The molecule has 3 aromatic rings. The highest BCUT2D eigenvalue weighted by Crippen LogP contribution is 2.27. The van der Waals surface area contributed by atoms with E-state index < -0.39 is 6.10 Å². The molecule has 150 valence electrons. The van der Waals surface area contributed by atoms with Crippen LogP contribution in [0.1, 0.15) is 31.9 Å². The molecule has 2 N–H and O–H groups in total. The summed E-state index contributed by atoms with van der Waals surface area (Å²) in [5, 5.41) is 13.1. The van der Waals surface area contributed by atoms with Crippen LogP contribution in [-0.2, 0) is 20.7 Å². The van der Waals surface area contributed by atoms with E-state index in [-0.39, 0.29) is 18.3 Å². The number of anilines is 1. The van der Waals surface area contributed by atoms with Gasteiger partial charge in [-0.25, -0.2) is 0 Å². The number of unbranched alkanes of at least 4 members (excludes halogenated alkanes) is 1. The lowest BCUT2D eigenvalue weighted by Crippen LogP contribution is -2.30. The number of aromatic nitrogens is 3. The van der Waals surface area contributed by atoms with Crippen LogP contribution in [0, 0.1) is 0 Å². The molecule has 0 bridgehead atoms. The number of rotatable bonds is 9. The van der Waals surface area contributed by atoms with E-state index in [1.165, 1.54) is 0 Å². The topological polar surface area (TPSA) is 97.0 Å². The van der Waals surface area contributed by atoms with Gasteiger partial charge in [-0.05, 0) is 37.8 Å². The maximum Gasteiger partial charge on any atom is 0.306 e. The molecule has 1 unspecified atom stereocenters. The van der Waals surface area contributed by atoms with Crippen LogP contribution in [-0.4, -0.2) is 33.4 Å². The minimum atomic E-state index is -0.873. The number of aryl methyl sites for hydroxylation is 1. The van der Waals surface area contributed by atoms with Crippen LogP contribution >= 0.6 is 0 Å². The van der Waals surface area contributed by atoms with E-state index in [0.717, 1.165) is 29.7 Å². The Kier molecular flexibility index (Phi) is 7.10. The van der Waals surface area contributed by atoms with Gasteiger partial charge in [0.1, 0.15) is 0 Å². The zero-order chi connectivity index (χ0) is 20.5. The van der Waals surface area contributed by atoms with Crippen LogP contribution in [0.2, 0.25) is 0 Å². The summed E-state index contributed by atoms with van der Waals surface area (Å²) in [6, 6.07) is 17.3. The largest absolute Gasteiger partial charge is 0.453 e. The van der Waals surface area contributed by atoms with Crippen molar-refractivity contribution < 1.29 is 14.3 Å². The average molecular weight is 392 g/mol. The number of hydrogen-bond acceptors (Lipinski definition) is 5. The molecular formula is C22H24N4O3. The van der Waals surface area contributed by atoms with Gasteiger partial charge in [0.2, 0.25) is 0 Å². The van der Waals surface area contributed by atoms with Crippen LogP contribution in [0.3, 0.4) is 0 Å². The van der Waals surface area contributed by atoms with E-state index in [2.05, 4.69) is 20.7 Å². The van der Waals surface area contributed by atoms with Crippen LogP contribution in [0.15, 0.2) is 60.8 Å². The summed E-state index contributed by atoms with van der Waals surface area (Å²) in [7, 11) is 0. The number of amides is 1. The number of nitrogens with one attached hydrogen (secondary N) is 2. The molecule has 1 heterocycles. The van der Waals surface area contributed by atoms with Crippen LogP contribution in [0.25, 0.3) is 11.1 Å². The molecule has 0 spiro atoms. The number of benzene rings is 2. The van der Waals surface area contributed by atoms with Gasteiger partial charge in [-0.2, -0.15) is 15.4 Å². The quantitative estimate of drug-likeness (QED) is 0.427. The van der Waals surface area contributed by atoms with Gasteiger partial charge in [-0.3, -0.25) is 9.59 Å². The second-order valence-electron chi connectivity index (χ2n) is 6.70. The summed E-state index contributed by atoms with van der Waals surface area (Å²) < 4.78 is 5.28. The molecule has 0 saturated heterocycles. The smallest absolute Gasteiger partial charge is 0.306 e. The van der Waals surface area contributed by atoms with E-state index >= 15 is 0 Å². The highest BCUT2D eigenvalue weighted by atomic mass is 16.5. The summed E-state index contributed by atoms with van der Waals surface area (Å²) in [5.41, 5.74) is 3.45. The average Bonchev–Trinajstić information content (AvgIpc) is 3.26. The van der Waals surface area contributed by atoms with Gasteiger partial charge >= 0.3 is 5.97 Å². The number of aromatic amines is 1. The molecule has 7 nitrogen and oxygen atoms in total. The van der Waals surface area contributed by atoms with E-state index in [0.29, 0.717) is 12.1 Å².